The fraction of sp³-hybridized carbons (Fsp3) is 1.00. The minimum absolute atomic E-state index is 0.709. The van der Waals surface area contributed by atoms with Crippen molar-refractivity contribution < 1.29 is 4.48 Å². The molecule has 0 radical (unpaired) electrons. The maximum Gasteiger partial charge on any atom is 0.0913 e. The Morgan fingerprint density at radius 2 is 1.80 bits per heavy atom. The van der Waals surface area contributed by atoms with Crippen LogP contribution in [0.1, 0.15) is 19.3 Å². The third kappa shape index (κ3) is 3.72. The van der Waals surface area contributed by atoms with Gasteiger partial charge in [-0.15, -0.1) is 0 Å². The van der Waals surface area contributed by atoms with Gasteiger partial charge in [-0.3, -0.25) is 0 Å². The van der Waals surface area contributed by atoms with Crippen molar-refractivity contribution in [2.75, 3.05) is 46.3 Å². The maximum atomic E-state index is 5.71. The molecular formula is C11H27N4+. The summed E-state index contributed by atoms with van der Waals surface area (Å²) in [6.45, 7) is 6.35. The van der Waals surface area contributed by atoms with Gasteiger partial charge in [0.2, 0.25) is 0 Å². The molecule has 4 heteroatoms. The molecule has 1 unspecified atom stereocenters. The molecule has 0 saturated carbocycles. The summed E-state index contributed by atoms with van der Waals surface area (Å²) in [5.74, 6) is 0. The number of nitrogens with two attached hydrogens (primary N) is 2. The van der Waals surface area contributed by atoms with Crippen LogP contribution in [0.4, 0.5) is 0 Å². The molecule has 1 atom stereocenters. The van der Waals surface area contributed by atoms with Crippen LogP contribution in [-0.4, -0.2) is 56.8 Å². The minimum atomic E-state index is 0.709. The van der Waals surface area contributed by atoms with Crippen LogP contribution in [0.3, 0.4) is 0 Å². The Morgan fingerprint density at radius 3 is 2.33 bits per heavy atom. The van der Waals surface area contributed by atoms with Gasteiger partial charge in [-0.25, -0.2) is 0 Å². The van der Waals surface area contributed by atoms with Crippen LogP contribution in [-0.2, 0) is 0 Å². The first-order valence-electron chi connectivity index (χ1n) is 6.18. The van der Waals surface area contributed by atoms with Gasteiger partial charge in [0.15, 0.2) is 0 Å². The maximum absolute atomic E-state index is 5.71. The molecule has 0 aromatic carbocycles. The largest absolute Gasteiger partial charge is 0.330 e. The number of piperazine rings is 1. The first-order valence-corrected chi connectivity index (χ1v) is 6.18. The normalized spacial score (nSPS) is 22.6. The summed E-state index contributed by atoms with van der Waals surface area (Å²) in [6.07, 6.45) is 3.49. The van der Waals surface area contributed by atoms with Crippen molar-refractivity contribution in [1.82, 2.24) is 5.32 Å². The first kappa shape index (κ1) is 12.9. The zero-order valence-electron chi connectivity index (χ0n) is 10.0. The average molecular weight is 215 g/mol. The van der Waals surface area contributed by atoms with E-state index in [4.69, 9.17) is 11.5 Å². The Labute approximate surface area is 93.6 Å². The molecule has 1 aliphatic heterocycles. The lowest BCUT2D eigenvalue weighted by Crippen LogP contribution is -2.61. The predicted molar refractivity (Wildman–Crippen MR) is 64.5 cm³/mol. The molecule has 0 spiro atoms. The number of hydrogen-bond acceptors (Lipinski definition) is 3. The predicted octanol–water partition coefficient (Wildman–Crippen LogP) is -0.507. The lowest BCUT2D eigenvalue weighted by atomic mass is 10.0. The van der Waals surface area contributed by atoms with Crippen LogP contribution < -0.4 is 16.8 Å². The lowest BCUT2D eigenvalue weighted by molar-refractivity contribution is -0.935. The van der Waals surface area contributed by atoms with E-state index in [1.165, 1.54) is 24.0 Å². The van der Waals surface area contributed by atoms with Gasteiger partial charge < -0.3 is 21.3 Å². The Bertz CT molecular complexity index is 166. The molecular weight excluding hydrogens is 188 g/mol. The van der Waals surface area contributed by atoms with Crippen molar-refractivity contribution in [2.24, 2.45) is 11.5 Å². The summed E-state index contributed by atoms with van der Waals surface area (Å²) in [4.78, 5) is 0. The second kappa shape index (κ2) is 6.43. The molecule has 1 fully saturated rings. The quantitative estimate of drug-likeness (QED) is 0.523. The van der Waals surface area contributed by atoms with Crippen molar-refractivity contribution in [3.63, 3.8) is 0 Å². The van der Waals surface area contributed by atoms with E-state index in [-0.39, 0.29) is 0 Å². The third-order valence-corrected chi connectivity index (χ3v) is 3.72. The van der Waals surface area contributed by atoms with Gasteiger partial charge in [0, 0.05) is 25.9 Å². The number of rotatable bonds is 6. The molecule has 1 saturated heterocycles. The van der Waals surface area contributed by atoms with E-state index in [0.29, 0.717) is 6.04 Å². The Balaban J connectivity index is 2.50. The van der Waals surface area contributed by atoms with Crippen LogP contribution in [0, 0.1) is 0 Å². The molecule has 0 aliphatic carbocycles. The highest BCUT2D eigenvalue weighted by Gasteiger charge is 2.32. The van der Waals surface area contributed by atoms with Gasteiger partial charge in [0.1, 0.15) is 0 Å². The van der Waals surface area contributed by atoms with Crippen LogP contribution in [0.15, 0.2) is 0 Å². The number of likely N-dealkylation sites (N-methyl/N-ethyl adjacent to an activating group) is 1. The summed E-state index contributed by atoms with van der Waals surface area (Å²) in [5, 5.41) is 3.42. The van der Waals surface area contributed by atoms with Crippen molar-refractivity contribution >= 4 is 0 Å². The fourth-order valence-corrected chi connectivity index (χ4v) is 2.58. The van der Waals surface area contributed by atoms with E-state index in [1.807, 2.05) is 0 Å². The summed E-state index contributed by atoms with van der Waals surface area (Å²) in [5.41, 5.74) is 11.3. The highest BCUT2D eigenvalue weighted by Crippen LogP contribution is 2.19. The van der Waals surface area contributed by atoms with Crippen molar-refractivity contribution in [2.45, 2.75) is 25.3 Å². The molecule has 1 rings (SSSR count). The van der Waals surface area contributed by atoms with Crippen LogP contribution in [0.5, 0.6) is 0 Å². The van der Waals surface area contributed by atoms with Gasteiger partial charge in [-0.2, -0.15) is 0 Å². The molecule has 0 aromatic rings. The van der Waals surface area contributed by atoms with Gasteiger partial charge in [-0.1, -0.05) is 0 Å². The second-order valence-corrected chi connectivity index (χ2v) is 4.84. The molecule has 0 amide bonds. The second-order valence-electron chi connectivity index (χ2n) is 4.84. The van der Waals surface area contributed by atoms with Gasteiger partial charge in [0.25, 0.3) is 0 Å². The number of quaternary nitrogens is 1. The van der Waals surface area contributed by atoms with E-state index < -0.39 is 0 Å². The summed E-state index contributed by atoms with van der Waals surface area (Å²) >= 11 is 0. The van der Waals surface area contributed by atoms with Crippen molar-refractivity contribution in [3.8, 4) is 0 Å². The van der Waals surface area contributed by atoms with E-state index in [2.05, 4.69) is 12.4 Å². The van der Waals surface area contributed by atoms with Crippen LogP contribution >= 0.6 is 0 Å². The molecule has 1 aliphatic rings. The standard InChI is InChI=1S/C11H27N4/c1-15(9-7-14-8-10-15)11(4-6-13)3-2-5-12/h11,14H,2-10,12-13H2,1H3/q+1. The highest BCUT2D eigenvalue weighted by atomic mass is 15.4. The molecule has 5 N–H and O–H groups in total. The summed E-state index contributed by atoms with van der Waals surface area (Å²) < 4.78 is 1.18. The number of nitrogens with zero attached hydrogens (tertiary/aromatic N) is 1. The van der Waals surface area contributed by atoms with Crippen LogP contribution in [0.25, 0.3) is 0 Å². The van der Waals surface area contributed by atoms with Crippen LogP contribution in [0.2, 0.25) is 0 Å². The minimum Gasteiger partial charge on any atom is -0.330 e. The van der Waals surface area contributed by atoms with Gasteiger partial charge in [-0.05, 0) is 19.5 Å². The zero-order valence-corrected chi connectivity index (χ0v) is 10.0. The van der Waals surface area contributed by atoms with Gasteiger partial charge in [0.05, 0.1) is 26.2 Å². The topological polar surface area (TPSA) is 64.1 Å². The Kier molecular flexibility index (Phi) is 5.53. The lowest BCUT2D eigenvalue weighted by Gasteiger charge is -2.44. The monoisotopic (exact) mass is 215 g/mol. The third-order valence-electron chi connectivity index (χ3n) is 3.72. The highest BCUT2D eigenvalue weighted by molar-refractivity contribution is 4.66. The summed E-state index contributed by atoms with van der Waals surface area (Å²) in [6, 6.07) is 0.709. The van der Waals surface area contributed by atoms with E-state index in [1.54, 1.807) is 0 Å². The molecule has 15 heavy (non-hydrogen) atoms. The van der Waals surface area contributed by atoms with Crippen molar-refractivity contribution in [3.05, 3.63) is 0 Å². The molecule has 0 bridgehead atoms. The first-order chi connectivity index (χ1) is 7.23. The molecule has 90 valence electrons. The number of hydrogen-bond donors (Lipinski definition) is 3. The van der Waals surface area contributed by atoms with E-state index in [0.717, 1.165) is 39.0 Å². The smallest absolute Gasteiger partial charge is 0.0913 e. The SMILES string of the molecule is C[N+]1(C(CCN)CCCN)CCNCC1. The average Bonchev–Trinajstić information content (AvgIpc) is 2.25. The Hall–Kier alpha value is -0.160. The summed E-state index contributed by atoms with van der Waals surface area (Å²) in [7, 11) is 2.37. The molecule has 4 nitrogen and oxygen atoms in total. The molecule has 1 heterocycles. The zero-order chi connectivity index (χ0) is 11.1. The molecule has 0 aromatic heterocycles. The van der Waals surface area contributed by atoms with E-state index in [9.17, 15) is 0 Å². The number of nitrogens with one attached hydrogen (secondary N) is 1. The van der Waals surface area contributed by atoms with Gasteiger partial charge >= 0.3 is 0 Å². The van der Waals surface area contributed by atoms with Crippen molar-refractivity contribution in [1.29, 1.82) is 0 Å². The fourth-order valence-electron chi connectivity index (χ4n) is 2.58. The Morgan fingerprint density at radius 1 is 1.13 bits per heavy atom. The van der Waals surface area contributed by atoms with E-state index >= 15 is 0 Å².